The second-order valence-corrected chi connectivity index (χ2v) is 9.51. The highest BCUT2D eigenvalue weighted by molar-refractivity contribution is 7.13. The fourth-order valence-electron chi connectivity index (χ4n) is 4.97. The molecule has 3 amide bonds. The molecule has 1 aromatic carbocycles. The summed E-state index contributed by atoms with van der Waals surface area (Å²) < 4.78 is 19.5. The van der Waals surface area contributed by atoms with Crippen LogP contribution in [-0.4, -0.2) is 89.0 Å². The van der Waals surface area contributed by atoms with Crippen molar-refractivity contribution in [2.75, 3.05) is 50.7 Å². The molecule has 0 aliphatic carbocycles. The number of nitrogens with zero attached hydrogens (tertiary/aromatic N) is 5. The van der Waals surface area contributed by atoms with E-state index in [1.54, 1.807) is 16.4 Å². The molecule has 0 radical (unpaired) electrons. The first-order valence-electron chi connectivity index (χ1n) is 11.2. The van der Waals surface area contributed by atoms with Gasteiger partial charge in [0.1, 0.15) is 12.0 Å². The Morgan fingerprint density at radius 2 is 1.84 bits per heavy atom. The number of hydrogen-bond donors (Lipinski definition) is 0. The SMILES string of the molecule is O=C1CC2CC(F)CN2C(=O)N1CCCCN1CCN(c2nsc3ccccc23)CC1. The van der Waals surface area contributed by atoms with E-state index in [-0.39, 0.29) is 30.9 Å². The summed E-state index contributed by atoms with van der Waals surface area (Å²) in [5, 5.41) is 1.23. The highest BCUT2D eigenvalue weighted by atomic mass is 32.1. The highest BCUT2D eigenvalue weighted by Gasteiger charge is 2.44. The predicted molar refractivity (Wildman–Crippen MR) is 119 cm³/mol. The Morgan fingerprint density at radius 1 is 1.06 bits per heavy atom. The molecule has 3 aliphatic heterocycles. The summed E-state index contributed by atoms with van der Waals surface area (Å²) in [5.74, 6) is 0.947. The lowest BCUT2D eigenvalue weighted by atomic mass is 10.1. The average Bonchev–Trinajstić information content (AvgIpc) is 3.37. The molecule has 5 rings (SSSR count). The molecule has 0 N–H and O–H groups in total. The first-order valence-corrected chi connectivity index (χ1v) is 11.9. The maximum absolute atomic E-state index is 13.6. The van der Waals surface area contributed by atoms with Crippen LogP contribution in [0.2, 0.25) is 0 Å². The van der Waals surface area contributed by atoms with Crippen LogP contribution in [0.3, 0.4) is 0 Å². The van der Waals surface area contributed by atoms with Gasteiger partial charge in [0.25, 0.3) is 0 Å². The van der Waals surface area contributed by atoms with Crippen LogP contribution < -0.4 is 4.90 Å². The largest absolute Gasteiger partial charge is 0.353 e. The quantitative estimate of drug-likeness (QED) is 0.640. The van der Waals surface area contributed by atoms with Gasteiger partial charge in [-0.15, -0.1) is 0 Å². The molecule has 0 spiro atoms. The van der Waals surface area contributed by atoms with E-state index < -0.39 is 6.17 Å². The number of benzene rings is 1. The van der Waals surface area contributed by atoms with E-state index in [1.165, 1.54) is 15.0 Å². The number of amides is 3. The van der Waals surface area contributed by atoms with E-state index in [1.807, 2.05) is 0 Å². The monoisotopic (exact) mass is 445 g/mol. The van der Waals surface area contributed by atoms with E-state index in [2.05, 4.69) is 38.4 Å². The zero-order valence-electron chi connectivity index (χ0n) is 17.6. The van der Waals surface area contributed by atoms with E-state index in [0.29, 0.717) is 13.0 Å². The molecule has 2 unspecified atom stereocenters. The van der Waals surface area contributed by atoms with Crippen LogP contribution >= 0.6 is 11.5 Å². The molecular weight excluding hydrogens is 417 g/mol. The van der Waals surface area contributed by atoms with Crippen LogP contribution in [0.4, 0.5) is 15.0 Å². The van der Waals surface area contributed by atoms with Crippen molar-refractivity contribution >= 4 is 39.4 Å². The smallest absolute Gasteiger partial charge is 0.327 e. The lowest BCUT2D eigenvalue weighted by Gasteiger charge is -2.36. The first kappa shape index (κ1) is 20.6. The Kier molecular flexibility index (Phi) is 5.79. The summed E-state index contributed by atoms with van der Waals surface area (Å²) >= 11 is 1.56. The lowest BCUT2D eigenvalue weighted by molar-refractivity contribution is -0.132. The summed E-state index contributed by atoms with van der Waals surface area (Å²) in [6.45, 7) is 5.41. The van der Waals surface area contributed by atoms with Gasteiger partial charge in [-0.2, -0.15) is 4.37 Å². The minimum Gasteiger partial charge on any atom is -0.353 e. The standard InChI is InChI=1S/C22H28FN5O2S/c23-16-13-17-14-20(29)27(22(30)28(17)15-16)8-4-3-7-25-9-11-26(12-10-25)21-18-5-1-2-6-19(18)31-24-21/h1-2,5-6,16-17H,3-4,7-15H2. The van der Waals surface area contributed by atoms with Crippen LogP contribution in [0.15, 0.2) is 24.3 Å². The van der Waals surface area contributed by atoms with Gasteiger partial charge in [-0.3, -0.25) is 14.6 Å². The van der Waals surface area contributed by atoms with Gasteiger partial charge in [-0.1, -0.05) is 12.1 Å². The van der Waals surface area contributed by atoms with Crippen LogP contribution in [0, 0.1) is 0 Å². The molecule has 3 saturated heterocycles. The number of aromatic nitrogens is 1. The van der Waals surface area contributed by atoms with E-state index in [4.69, 9.17) is 0 Å². The number of carbonyl (C=O) groups is 2. The molecule has 2 aromatic rings. The highest BCUT2D eigenvalue weighted by Crippen LogP contribution is 2.30. The van der Waals surface area contributed by atoms with E-state index in [0.717, 1.165) is 51.4 Å². The molecule has 0 bridgehead atoms. The zero-order valence-corrected chi connectivity index (χ0v) is 18.4. The lowest BCUT2D eigenvalue weighted by Crippen LogP contribution is -2.54. The Balaban J connectivity index is 1.06. The second kappa shape index (κ2) is 8.70. The molecule has 3 aliphatic rings. The molecule has 0 saturated carbocycles. The van der Waals surface area contributed by atoms with Crippen LogP contribution in [0.1, 0.15) is 25.7 Å². The zero-order chi connectivity index (χ0) is 21.4. The Morgan fingerprint density at radius 3 is 2.68 bits per heavy atom. The van der Waals surface area contributed by atoms with Crippen molar-refractivity contribution in [3.8, 4) is 0 Å². The number of unbranched alkanes of at least 4 members (excludes halogenated alkanes) is 1. The predicted octanol–water partition coefficient (Wildman–Crippen LogP) is 2.96. The Hall–Kier alpha value is -2.26. The Bertz CT molecular complexity index is 960. The second-order valence-electron chi connectivity index (χ2n) is 8.71. The van der Waals surface area contributed by atoms with Crippen molar-refractivity contribution in [1.29, 1.82) is 0 Å². The van der Waals surface area contributed by atoms with Crippen LogP contribution in [-0.2, 0) is 4.79 Å². The maximum Gasteiger partial charge on any atom is 0.327 e. The summed E-state index contributed by atoms with van der Waals surface area (Å²) in [5.41, 5.74) is 0. The fourth-order valence-corrected chi connectivity index (χ4v) is 5.77. The minimum atomic E-state index is -0.998. The van der Waals surface area contributed by atoms with Gasteiger partial charge in [0, 0.05) is 57.0 Å². The van der Waals surface area contributed by atoms with Crippen molar-refractivity contribution in [2.45, 2.75) is 37.9 Å². The summed E-state index contributed by atoms with van der Waals surface area (Å²) in [4.78, 5) is 32.6. The van der Waals surface area contributed by atoms with Gasteiger partial charge < -0.3 is 9.80 Å². The number of piperazine rings is 1. The van der Waals surface area contributed by atoms with Gasteiger partial charge in [-0.05, 0) is 43.1 Å². The van der Waals surface area contributed by atoms with Gasteiger partial charge in [0.05, 0.1) is 11.2 Å². The minimum absolute atomic E-state index is 0.131. The maximum atomic E-state index is 13.6. The Labute approximate surface area is 185 Å². The van der Waals surface area contributed by atoms with Crippen molar-refractivity contribution in [3.63, 3.8) is 0 Å². The van der Waals surface area contributed by atoms with Crippen LogP contribution in [0.25, 0.3) is 10.1 Å². The number of carbonyl (C=O) groups excluding carboxylic acids is 2. The van der Waals surface area contributed by atoms with Gasteiger partial charge in [0.15, 0.2) is 0 Å². The van der Waals surface area contributed by atoms with E-state index in [9.17, 15) is 14.0 Å². The van der Waals surface area contributed by atoms with Gasteiger partial charge >= 0.3 is 6.03 Å². The molecule has 1 aromatic heterocycles. The number of anilines is 1. The van der Waals surface area contributed by atoms with Crippen molar-refractivity contribution in [1.82, 2.24) is 19.1 Å². The van der Waals surface area contributed by atoms with Crippen molar-refractivity contribution in [2.24, 2.45) is 0 Å². The van der Waals surface area contributed by atoms with Gasteiger partial charge in [0.2, 0.25) is 5.91 Å². The molecule has 7 nitrogen and oxygen atoms in total. The molecular formula is C22H28FN5O2S. The normalized spacial score (nSPS) is 25.0. The topological polar surface area (TPSA) is 60.0 Å². The third-order valence-corrected chi connectivity index (χ3v) is 7.50. The average molecular weight is 446 g/mol. The molecule has 9 heteroatoms. The number of fused-ring (bicyclic) bond motifs is 2. The number of halogens is 1. The third kappa shape index (κ3) is 4.13. The van der Waals surface area contributed by atoms with Crippen LogP contribution in [0.5, 0.6) is 0 Å². The van der Waals surface area contributed by atoms with Gasteiger partial charge in [-0.25, -0.2) is 9.18 Å². The summed E-state index contributed by atoms with van der Waals surface area (Å²) in [7, 11) is 0. The third-order valence-electron chi connectivity index (χ3n) is 6.69. The molecule has 31 heavy (non-hydrogen) atoms. The summed E-state index contributed by atoms with van der Waals surface area (Å²) in [6, 6.07) is 7.83. The number of rotatable bonds is 6. The number of hydrogen-bond acceptors (Lipinski definition) is 6. The van der Waals surface area contributed by atoms with E-state index >= 15 is 0 Å². The van der Waals surface area contributed by atoms with Crippen molar-refractivity contribution in [3.05, 3.63) is 24.3 Å². The molecule has 166 valence electrons. The number of alkyl halides is 1. The number of urea groups is 1. The first-order chi connectivity index (χ1) is 15.1. The number of imide groups is 1. The summed E-state index contributed by atoms with van der Waals surface area (Å²) in [6.07, 6.45) is 1.29. The fraction of sp³-hybridized carbons (Fsp3) is 0.591. The molecule has 4 heterocycles. The molecule has 3 fully saturated rings. The van der Waals surface area contributed by atoms with Crippen molar-refractivity contribution < 1.29 is 14.0 Å². The molecule has 2 atom stereocenters.